The molecule has 0 atom stereocenters. The first-order valence-corrected chi connectivity index (χ1v) is 6.92. The Labute approximate surface area is 117 Å². The number of rotatable bonds is 4. The van der Waals surface area contributed by atoms with Gasteiger partial charge in [0.25, 0.3) is 0 Å². The van der Waals surface area contributed by atoms with Crippen LogP contribution in [0.1, 0.15) is 24.0 Å². The Hall–Kier alpha value is -1.74. The van der Waals surface area contributed by atoms with E-state index in [0.29, 0.717) is 11.6 Å². The minimum Gasteiger partial charge on any atom is -0.310 e. The Morgan fingerprint density at radius 3 is 2.55 bits per heavy atom. The molecule has 0 radical (unpaired) electrons. The quantitative estimate of drug-likeness (QED) is 0.880. The van der Waals surface area contributed by atoms with E-state index >= 15 is 0 Å². The summed E-state index contributed by atoms with van der Waals surface area (Å²) in [6.07, 6.45) is 2.43. The van der Waals surface area contributed by atoms with Gasteiger partial charge in [-0.3, -0.25) is 0 Å². The fraction of sp³-hybridized carbons (Fsp3) is 0.294. The molecule has 0 spiro atoms. The van der Waals surface area contributed by atoms with Crippen LogP contribution in [-0.4, -0.2) is 6.04 Å². The van der Waals surface area contributed by atoms with E-state index in [1.54, 1.807) is 0 Å². The monoisotopic (exact) mass is 273 g/mol. The lowest BCUT2D eigenvalue weighted by Crippen LogP contribution is -2.16. The van der Waals surface area contributed by atoms with Crippen molar-refractivity contribution in [3.63, 3.8) is 0 Å². The van der Waals surface area contributed by atoms with Gasteiger partial charge in [-0.1, -0.05) is 23.8 Å². The molecule has 1 aliphatic carbocycles. The highest BCUT2D eigenvalue weighted by molar-refractivity contribution is 5.68. The summed E-state index contributed by atoms with van der Waals surface area (Å²) in [6, 6.07) is 10.4. The van der Waals surface area contributed by atoms with Gasteiger partial charge in [0, 0.05) is 24.2 Å². The van der Waals surface area contributed by atoms with Gasteiger partial charge in [-0.25, -0.2) is 8.78 Å². The van der Waals surface area contributed by atoms with Crippen LogP contribution in [-0.2, 0) is 6.54 Å². The fourth-order valence-electron chi connectivity index (χ4n) is 2.34. The van der Waals surface area contributed by atoms with E-state index in [9.17, 15) is 8.78 Å². The van der Waals surface area contributed by atoms with Gasteiger partial charge in [-0.2, -0.15) is 0 Å². The minimum atomic E-state index is -0.545. The minimum absolute atomic E-state index is 0.461. The molecule has 1 fully saturated rings. The first-order chi connectivity index (χ1) is 9.63. The molecule has 0 aromatic heterocycles. The summed E-state index contributed by atoms with van der Waals surface area (Å²) in [6.45, 7) is 2.69. The lowest BCUT2D eigenvalue weighted by molar-refractivity contribution is 0.585. The van der Waals surface area contributed by atoms with E-state index in [-0.39, 0.29) is 0 Å². The molecule has 0 bridgehead atoms. The highest BCUT2D eigenvalue weighted by Crippen LogP contribution is 2.29. The normalized spacial score (nSPS) is 14.6. The zero-order valence-electron chi connectivity index (χ0n) is 11.4. The second-order valence-electron chi connectivity index (χ2n) is 5.44. The maximum Gasteiger partial charge on any atom is 0.133 e. The topological polar surface area (TPSA) is 12.0 Å². The summed E-state index contributed by atoms with van der Waals surface area (Å²) in [7, 11) is 0. The van der Waals surface area contributed by atoms with Crippen LogP contribution in [0.5, 0.6) is 0 Å². The number of hydrogen-bond acceptors (Lipinski definition) is 1. The Bertz CT molecular complexity index is 633. The summed E-state index contributed by atoms with van der Waals surface area (Å²) in [5, 5.41) is 3.44. The standard InChI is InChI=1S/C17H17F2N/c1-11-2-3-12(10-20-14-5-6-14)16(8-11)15-7-4-13(18)9-17(15)19/h2-4,7-9,14,20H,5-6,10H2,1H3. The van der Waals surface area contributed by atoms with Crippen LogP contribution < -0.4 is 5.32 Å². The summed E-state index contributed by atoms with van der Waals surface area (Å²) in [5.41, 5.74) is 3.42. The molecular formula is C17H17F2N. The molecular weight excluding hydrogens is 256 g/mol. The maximum atomic E-state index is 14.0. The van der Waals surface area contributed by atoms with Gasteiger partial charge in [0.05, 0.1) is 0 Å². The molecule has 20 heavy (non-hydrogen) atoms. The summed E-state index contributed by atoms with van der Waals surface area (Å²) >= 11 is 0. The Morgan fingerprint density at radius 1 is 1.05 bits per heavy atom. The third kappa shape index (κ3) is 2.88. The van der Waals surface area contributed by atoms with Crippen LogP contribution >= 0.6 is 0 Å². The Kier molecular flexibility index (Phi) is 3.53. The van der Waals surface area contributed by atoms with Crippen molar-refractivity contribution in [2.24, 2.45) is 0 Å². The van der Waals surface area contributed by atoms with Crippen molar-refractivity contribution in [1.82, 2.24) is 5.32 Å². The zero-order valence-corrected chi connectivity index (χ0v) is 11.4. The van der Waals surface area contributed by atoms with Gasteiger partial charge in [-0.15, -0.1) is 0 Å². The van der Waals surface area contributed by atoms with Crippen molar-refractivity contribution in [2.75, 3.05) is 0 Å². The summed E-state index contributed by atoms with van der Waals surface area (Å²) < 4.78 is 27.1. The highest BCUT2D eigenvalue weighted by atomic mass is 19.1. The molecule has 0 saturated heterocycles. The zero-order chi connectivity index (χ0) is 14.1. The van der Waals surface area contributed by atoms with Crippen LogP contribution in [0.3, 0.4) is 0 Å². The van der Waals surface area contributed by atoms with E-state index in [1.807, 2.05) is 25.1 Å². The maximum absolute atomic E-state index is 14.0. The molecule has 3 heteroatoms. The average Bonchev–Trinajstić information content (AvgIpc) is 3.21. The molecule has 0 heterocycles. The molecule has 2 aromatic rings. The van der Waals surface area contributed by atoms with Crippen LogP contribution in [0.4, 0.5) is 8.78 Å². The second kappa shape index (κ2) is 5.33. The lowest BCUT2D eigenvalue weighted by Gasteiger charge is -2.12. The Morgan fingerprint density at radius 2 is 1.85 bits per heavy atom. The molecule has 1 N–H and O–H groups in total. The van der Waals surface area contributed by atoms with Gasteiger partial charge in [0.15, 0.2) is 0 Å². The molecule has 1 nitrogen and oxygen atoms in total. The third-order valence-electron chi connectivity index (χ3n) is 3.65. The van der Waals surface area contributed by atoms with Crippen LogP contribution in [0.2, 0.25) is 0 Å². The van der Waals surface area contributed by atoms with Crippen molar-refractivity contribution in [3.05, 3.63) is 59.2 Å². The van der Waals surface area contributed by atoms with Crippen molar-refractivity contribution >= 4 is 0 Å². The smallest absolute Gasteiger partial charge is 0.133 e. The number of benzene rings is 2. The van der Waals surface area contributed by atoms with Crippen LogP contribution in [0.25, 0.3) is 11.1 Å². The number of nitrogens with one attached hydrogen (secondary N) is 1. The SMILES string of the molecule is Cc1ccc(CNC2CC2)c(-c2ccc(F)cc2F)c1. The van der Waals surface area contributed by atoms with Crippen LogP contribution in [0.15, 0.2) is 36.4 Å². The van der Waals surface area contributed by atoms with E-state index in [2.05, 4.69) is 5.32 Å². The van der Waals surface area contributed by atoms with E-state index in [1.165, 1.54) is 25.0 Å². The van der Waals surface area contributed by atoms with Crippen molar-refractivity contribution in [1.29, 1.82) is 0 Å². The van der Waals surface area contributed by atoms with Gasteiger partial charge >= 0.3 is 0 Å². The molecule has 104 valence electrons. The molecule has 1 aliphatic rings. The molecule has 3 rings (SSSR count). The molecule has 0 unspecified atom stereocenters. The first-order valence-electron chi connectivity index (χ1n) is 6.92. The fourth-order valence-corrected chi connectivity index (χ4v) is 2.34. The van der Waals surface area contributed by atoms with Crippen molar-refractivity contribution in [3.8, 4) is 11.1 Å². The van der Waals surface area contributed by atoms with E-state index in [0.717, 1.165) is 29.3 Å². The lowest BCUT2D eigenvalue weighted by atomic mass is 9.97. The first kappa shape index (κ1) is 13.3. The van der Waals surface area contributed by atoms with E-state index < -0.39 is 11.6 Å². The predicted molar refractivity (Wildman–Crippen MR) is 76.4 cm³/mol. The van der Waals surface area contributed by atoms with Gasteiger partial charge < -0.3 is 5.32 Å². The van der Waals surface area contributed by atoms with Crippen LogP contribution in [0, 0.1) is 18.6 Å². The predicted octanol–water partition coefficient (Wildman–Crippen LogP) is 4.19. The summed E-state index contributed by atoms with van der Waals surface area (Å²) in [4.78, 5) is 0. The average molecular weight is 273 g/mol. The van der Waals surface area contributed by atoms with Gasteiger partial charge in [0.2, 0.25) is 0 Å². The Balaban J connectivity index is 1.98. The second-order valence-corrected chi connectivity index (χ2v) is 5.44. The number of halogens is 2. The van der Waals surface area contributed by atoms with Crippen molar-refractivity contribution < 1.29 is 8.78 Å². The van der Waals surface area contributed by atoms with Gasteiger partial charge in [-0.05, 0) is 43.0 Å². The number of hydrogen-bond donors (Lipinski definition) is 1. The molecule has 2 aromatic carbocycles. The molecule has 0 amide bonds. The molecule has 0 aliphatic heterocycles. The largest absolute Gasteiger partial charge is 0.310 e. The van der Waals surface area contributed by atoms with E-state index in [4.69, 9.17) is 0 Å². The van der Waals surface area contributed by atoms with Gasteiger partial charge in [0.1, 0.15) is 11.6 Å². The molecule has 1 saturated carbocycles. The highest BCUT2D eigenvalue weighted by Gasteiger charge is 2.21. The number of aryl methyl sites for hydroxylation is 1. The summed E-state index contributed by atoms with van der Waals surface area (Å²) in [5.74, 6) is -1.06. The van der Waals surface area contributed by atoms with Crippen molar-refractivity contribution in [2.45, 2.75) is 32.4 Å². The third-order valence-corrected chi connectivity index (χ3v) is 3.65.